The minimum atomic E-state index is -0.824. The number of benzene rings is 1. The van der Waals surface area contributed by atoms with E-state index >= 15 is 0 Å². The Labute approximate surface area is 113 Å². The Kier molecular flexibility index (Phi) is 5.98. The van der Waals surface area contributed by atoms with E-state index in [1.807, 2.05) is 13.8 Å². The van der Waals surface area contributed by atoms with Crippen molar-refractivity contribution in [1.82, 2.24) is 0 Å². The van der Waals surface area contributed by atoms with Gasteiger partial charge in [-0.3, -0.25) is 0 Å². The highest BCUT2D eigenvalue weighted by molar-refractivity contribution is 9.10. The first-order valence-corrected chi connectivity index (χ1v) is 6.37. The molecule has 2 N–H and O–H groups in total. The zero-order chi connectivity index (χ0) is 13.7. The summed E-state index contributed by atoms with van der Waals surface area (Å²) >= 11 is 2.99. The van der Waals surface area contributed by atoms with Gasteiger partial charge in [0.2, 0.25) is 0 Å². The third kappa shape index (κ3) is 4.88. The van der Waals surface area contributed by atoms with Gasteiger partial charge < -0.3 is 15.2 Å². The largest absolute Gasteiger partial charge is 0.389 e. The molecule has 102 valence electrons. The minimum Gasteiger partial charge on any atom is -0.389 e. The Morgan fingerprint density at radius 1 is 1.33 bits per heavy atom. The smallest absolute Gasteiger partial charge is 0.150 e. The van der Waals surface area contributed by atoms with Gasteiger partial charge in [-0.25, -0.2) is 8.78 Å². The lowest BCUT2D eigenvalue weighted by Gasteiger charge is -2.15. The second-order valence-corrected chi connectivity index (χ2v) is 5.08. The van der Waals surface area contributed by atoms with Crippen molar-refractivity contribution < 1.29 is 18.6 Å². The number of aliphatic hydroxyl groups excluding tert-OH is 1. The summed E-state index contributed by atoms with van der Waals surface area (Å²) in [5, 5.41) is 12.1. The SMILES string of the molecule is CC(C)OCC(O)CNc1c(F)cc(Br)cc1F. The molecule has 0 aliphatic rings. The van der Waals surface area contributed by atoms with Gasteiger partial charge in [0, 0.05) is 11.0 Å². The Bertz CT molecular complexity index is 379. The first-order valence-electron chi connectivity index (χ1n) is 5.58. The second-order valence-electron chi connectivity index (χ2n) is 4.16. The molecule has 0 spiro atoms. The topological polar surface area (TPSA) is 41.5 Å². The predicted molar refractivity (Wildman–Crippen MR) is 69.6 cm³/mol. The summed E-state index contributed by atoms with van der Waals surface area (Å²) < 4.78 is 32.4. The highest BCUT2D eigenvalue weighted by Crippen LogP contribution is 2.23. The number of anilines is 1. The maximum atomic E-state index is 13.4. The van der Waals surface area contributed by atoms with Gasteiger partial charge in [-0.15, -0.1) is 0 Å². The van der Waals surface area contributed by atoms with Crippen molar-refractivity contribution in [3.63, 3.8) is 0 Å². The zero-order valence-corrected chi connectivity index (χ0v) is 11.8. The second kappa shape index (κ2) is 7.01. The zero-order valence-electron chi connectivity index (χ0n) is 10.2. The highest BCUT2D eigenvalue weighted by atomic mass is 79.9. The summed E-state index contributed by atoms with van der Waals surface area (Å²) in [5.41, 5.74) is -0.248. The first kappa shape index (κ1) is 15.3. The standard InChI is InChI=1S/C12H16BrF2NO2/c1-7(2)18-6-9(17)5-16-12-10(14)3-8(13)4-11(12)15/h3-4,7,9,16-17H,5-6H2,1-2H3. The molecule has 0 fully saturated rings. The van der Waals surface area contributed by atoms with Crippen molar-refractivity contribution in [1.29, 1.82) is 0 Å². The van der Waals surface area contributed by atoms with E-state index in [-0.39, 0.29) is 24.9 Å². The van der Waals surface area contributed by atoms with Crippen LogP contribution in [0.3, 0.4) is 0 Å². The van der Waals surface area contributed by atoms with Crippen molar-refractivity contribution in [2.75, 3.05) is 18.5 Å². The quantitative estimate of drug-likeness (QED) is 0.845. The van der Waals surface area contributed by atoms with Crippen LogP contribution in [0.1, 0.15) is 13.8 Å². The monoisotopic (exact) mass is 323 g/mol. The summed E-state index contributed by atoms with van der Waals surface area (Å²) in [4.78, 5) is 0. The lowest BCUT2D eigenvalue weighted by Crippen LogP contribution is -2.27. The molecule has 1 aromatic carbocycles. The van der Waals surface area contributed by atoms with E-state index in [1.165, 1.54) is 0 Å². The van der Waals surface area contributed by atoms with E-state index in [2.05, 4.69) is 21.2 Å². The number of aliphatic hydroxyl groups is 1. The normalized spacial score (nSPS) is 12.8. The molecular weight excluding hydrogens is 308 g/mol. The molecular formula is C12H16BrF2NO2. The van der Waals surface area contributed by atoms with Gasteiger partial charge in [0.25, 0.3) is 0 Å². The van der Waals surface area contributed by atoms with Crippen LogP contribution in [-0.2, 0) is 4.74 Å². The van der Waals surface area contributed by atoms with Crippen molar-refractivity contribution in [3.8, 4) is 0 Å². The lowest BCUT2D eigenvalue weighted by atomic mass is 10.2. The molecule has 0 bridgehead atoms. The molecule has 0 aliphatic carbocycles. The van der Waals surface area contributed by atoms with Crippen molar-refractivity contribution >= 4 is 21.6 Å². The van der Waals surface area contributed by atoms with Crippen LogP contribution in [0.15, 0.2) is 16.6 Å². The van der Waals surface area contributed by atoms with Crippen LogP contribution in [0.2, 0.25) is 0 Å². The van der Waals surface area contributed by atoms with E-state index in [9.17, 15) is 13.9 Å². The molecule has 6 heteroatoms. The molecule has 0 aromatic heterocycles. The van der Waals surface area contributed by atoms with Crippen molar-refractivity contribution in [2.45, 2.75) is 26.1 Å². The molecule has 1 rings (SSSR count). The van der Waals surface area contributed by atoms with Gasteiger partial charge in [0.05, 0.1) is 18.8 Å². The van der Waals surface area contributed by atoms with Gasteiger partial charge in [-0.2, -0.15) is 0 Å². The molecule has 0 saturated heterocycles. The van der Waals surface area contributed by atoms with Crippen LogP contribution in [-0.4, -0.2) is 30.5 Å². The molecule has 0 heterocycles. The summed E-state index contributed by atoms with van der Waals surface area (Å²) in [6.07, 6.45) is -0.823. The van der Waals surface area contributed by atoms with Gasteiger partial charge in [-0.1, -0.05) is 15.9 Å². The lowest BCUT2D eigenvalue weighted by molar-refractivity contribution is 0.0111. The van der Waals surface area contributed by atoms with E-state index in [1.54, 1.807) is 0 Å². The van der Waals surface area contributed by atoms with Gasteiger partial charge in [0.1, 0.15) is 17.3 Å². The van der Waals surface area contributed by atoms with E-state index in [0.717, 1.165) is 12.1 Å². The fourth-order valence-electron chi connectivity index (χ4n) is 1.29. The van der Waals surface area contributed by atoms with Crippen LogP contribution < -0.4 is 5.32 Å². The third-order valence-corrected chi connectivity index (χ3v) is 2.60. The summed E-state index contributed by atoms with van der Waals surface area (Å²) in [5.74, 6) is -1.42. The van der Waals surface area contributed by atoms with E-state index in [0.29, 0.717) is 4.47 Å². The average Bonchev–Trinajstić information content (AvgIpc) is 2.24. The van der Waals surface area contributed by atoms with Gasteiger partial charge in [0.15, 0.2) is 0 Å². The minimum absolute atomic E-state index is 0.000743. The third-order valence-electron chi connectivity index (χ3n) is 2.14. The van der Waals surface area contributed by atoms with Crippen LogP contribution in [0, 0.1) is 11.6 Å². The Hall–Kier alpha value is -0.720. The van der Waals surface area contributed by atoms with E-state index < -0.39 is 17.7 Å². The number of hydrogen-bond donors (Lipinski definition) is 2. The molecule has 0 radical (unpaired) electrons. The molecule has 3 nitrogen and oxygen atoms in total. The predicted octanol–water partition coefficient (Wildman–Crippen LogP) is 2.93. The molecule has 18 heavy (non-hydrogen) atoms. The van der Waals surface area contributed by atoms with Crippen LogP contribution in [0.25, 0.3) is 0 Å². The molecule has 1 unspecified atom stereocenters. The first-order chi connectivity index (χ1) is 8.40. The fourth-order valence-corrected chi connectivity index (χ4v) is 1.70. The Morgan fingerprint density at radius 2 is 1.89 bits per heavy atom. The Balaban J connectivity index is 2.53. The molecule has 1 atom stereocenters. The van der Waals surface area contributed by atoms with E-state index in [4.69, 9.17) is 4.74 Å². The molecule has 1 aromatic rings. The summed E-state index contributed by atoms with van der Waals surface area (Å²) in [6.45, 7) is 3.81. The fraction of sp³-hybridized carbons (Fsp3) is 0.500. The summed E-state index contributed by atoms with van der Waals surface area (Å²) in [7, 11) is 0. The maximum absolute atomic E-state index is 13.4. The number of halogens is 3. The number of ether oxygens (including phenoxy) is 1. The average molecular weight is 324 g/mol. The number of rotatable bonds is 6. The Morgan fingerprint density at radius 3 is 2.39 bits per heavy atom. The van der Waals surface area contributed by atoms with Crippen molar-refractivity contribution in [3.05, 3.63) is 28.2 Å². The van der Waals surface area contributed by atoms with Gasteiger partial charge in [-0.05, 0) is 26.0 Å². The molecule has 0 aliphatic heterocycles. The van der Waals surface area contributed by atoms with Crippen LogP contribution in [0.4, 0.5) is 14.5 Å². The number of nitrogens with one attached hydrogen (secondary N) is 1. The summed E-state index contributed by atoms with van der Waals surface area (Å²) in [6, 6.07) is 2.31. The molecule has 0 amide bonds. The maximum Gasteiger partial charge on any atom is 0.150 e. The molecule has 0 saturated carbocycles. The van der Waals surface area contributed by atoms with Crippen LogP contribution >= 0.6 is 15.9 Å². The van der Waals surface area contributed by atoms with Crippen molar-refractivity contribution in [2.24, 2.45) is 0 Å². The van der Waals surface area contributed by atoms with Crippen LogP contribution in [0.5, 0.6) is 0 Å². The highest BCUT2D eigenvalue weighted by Gasteiger charge is 2.12. The number of hydrogen-bond acceptors (Lipinski definition) is 3. The van der Waals surface area contributed by atoms with Gasteiger partial charge >= 0.3 is 0 Å².